The Labute approximate surface area is 134 Å². The third kappa shape index (κ3) is 4.35. The van der Waals surface area contributed by atoms with Crippen LogP contribution in [0.3, 0.4) is 0 Å². The second kappa shape index (κ2) is 7.18. The van der Waals surface area contributed by atoms with Gasteiger partial charge in [-0.2, -0.15) is 0 Å². The molecule has 5 heteroatoms. The Morgan fingerprint density at radius 3 is 2.73 bits per heavy atom. The number of hydrogen-bond donors (Lipinski definition) is 2. The van der Waals surface area contributed by atoms with E-state index in [4.69, 9.17) is 9.47 Å². The molecule has 5 unspecified atom stereocenters. The van der Waals surface area contributed by atoms with Crippen molar-refractivity contribution in [1.82, 2.24) is 10.6 Å². The Balaban J connectivity index is 1.86. The van der Waals surface area contributed by atoms with Crippen molar-refractivity contribution in [2.45, 2.75) is 77.7 Å². The molecule has 128 valence electrons. The number of carbonyl (C=O) groups excluding carboxylic acids is 1. The minimum Gasteiger partial charge on any atom is -0.444 e. The predicted molar refractivity (Wildman–Crippen MR) is 86.9 cm³/mol. The van der Waals surface area contributed by atoms with Crippen LogP contribution in [0.2, 0.25) is 0 Å². The molecule has 2 aliphatic rings. The summed E-state index contributed by atoms with van der Waals surface area (Å²) in [6, 6.07) is 0.329. The number of carbonyl (C=O) groups is 1. The van der Waals surface area contributed by atoms with Crippen LogP contribution in [0.25, 0.3) is 0 Å². The fourth-order valence-corrected chi connectivity index (χ4v) is 3.52. The summed E-state index contributed by atoms with van der Waals surface area (Å²) in [6.45, 7) is 11.9. The minimum absolute atomic E-state index is 0.121. The van der Waals surface area contributed by atoms with Crippen molar-refractivity contribution < 1.29 is 14.3 Å². The molecule has 0 aromatic carbocycles. The summed E-state index contributed by atoms with van der Waals surface area (Å²) >= 11 is 0. The van der Waals surface area contributed by atoms with E-state index in [-0.39, 0.29) is 24.3 Å². The average Bonchev–Trinajstić information content (AvgIpc) is 2.79. The van der Waals surface area contributed by atoms with Crippen LogP contribution in [0.1, 0.15) is 53.9 Å². The lowest BCUT2D eigenvalue weighted by atomic mass is 9.71. The molecule has 22 heavy (non-hydrogen) atoms. The zero-order valence-corrected chi connectivity index (χ0v) is 14.6. The number of alkyl carbamates (subject to hydrolysis) is 1. The molecule has 0 aromatic rings. The van der Waals surface area contributed by atoms with Gasteiger partial charge in [-0.1, -0.05) is 20.3 Å². The number of ether oxygens (including phenoxy) is 2. The number of nitrogens with one attached hydrogen (secondary N) is 2. The Morgan fingerprint density at radius 1 is 1.36 bits per heavy atom. The van der Waals surface area contributed by atoms with Crippen molar-refractivity contribution >= 4 is 6.09 Å². The molecule has 5 atom stereocenters. The van der Waals surface area contributed by atoms with E-state index in [2.05, 4.69) is 24.5 Å². The van der Waals surface area contributed by atoms with Gasteiger partial charge >= 0.3 is 6.09 Å². The van der Waals surface area contributed by atoms with Gasteiger partial charge in [0.1, 0.15) is 5.60 Å². The lowest BCUT2D eigenvalue weighted by Crippen LogP contribution is -2.70. The Hall–Kier alpha value is -0.810. The molecule has 1 saturated carbocycles. The highest BCUT2D eigenvalue weighted by atomic mass is 16.6. The van der Waals surface area contributed by atoms with Crippen molar-refractivity contribution in [3.05, 3.63) is 0 Å². The highest BCUT2D eigenvalue weighted by Crippen LogP contribution is 2.39. The maximum absolute atomic E-state index is 12.0. The van der Waals surface area contributed by atoms with Gasteiger partial charge in [0.05, 0.1) is 18.2 Å². The maximum atomic E-state index is 12.0. The van der Waals surface area contributed by atoms with Gasteiger partial charge in [0.15, 0.2) is 0 Å². The Morgan fingerprint density at radius 2 is 2.09 bits per heavy atom. The van der Waals surface area contributed by atoms with E-state index in [0.717, 1.165) is 19.6 Å². The smallest absolute Gasteiger partial charge is 0.407 e. The van der Waals surface area contributed by atoms with Crippen LogP contribution in [0.5, 0.6) is 0 Å². The summed E-state index contributed by atoms with van der Waals surface area (Å²) < 4.78 is 11.2. The molecule has 0 aromatic heterocycles. The van der Waals surface area contributed by atoms with Crippen LogP contribution in [0.15, 0.2) is 0 Å². The van der Waals surface area contributed by atoms with Gasteiger partial charge in [0.2, 0.25) is 0 Å². The molecule has 1 saturated heterocycles. The van der Waals surface area contributed by atoms with Crippen LogP contribution in [-0.2, 0) is 9.47 Å². The minimum atomic E-state index is -0.460. The second-order valence-corrected chi connectivity index (χ2v) is 7.79. The van der Waals surface area contributed by atoms with Crippen molar-refractivity contribution in [3.8, 4) is 0 Å². The molecule has 0 radical (unpaired) electrons. The van der Waals surface area contributed by atoms with Gasteiger partial charge in [0, 0.05) is 12.5 Å². The van der Waals surface area contributed by atoms with Gasteiger partial charge in [-0.3, -0.25) is 0 Å². The third-order valence-corrected chi connectivity index (χ3v) is 4.55. The molecule has 1 aliphatic carbocycles. The SMILES string of the molecule is CCCC(C)CNC1C(NC(=O)OC(C)(C)C)C2CCOC21. The summed E-state index contributed by atoms with van der Waals surface area (Å²) in [5, 5.41) is 6.64. The maximum Gasteiger partial charge on any atom is 0.407 e. The summed E-state index contributed by atoms with van der Waals surface area (Å²) in [5.41, 5.74) is -0.460. The van der Waals surface area contributed by atoms with E-state index in [1.807, 2.05) is 20.8 Å². The lowest BCUT2D eigenvalue weighted by molar-refractivity contribution is -0.0347. The molecule has 1 heterocycles. The quantitative estimate of drug-likeness (QED) is 0.792. The van der Waals surface area contributed by atoms with Crippen molar-refractivity contribution in [2.24, 2.45) is 11.8 Å². The van der Waals surface area contributed by atoms with Gasteiger partial charge in [-0.05, 0) is 46.1 Å². The van der Waals surface area contributed by atoms with Gasteiger partial charge in [-0.25, -0.2) is 4.79 Å². The average molecular weight is 312 g/mol. The first kappa shape index (κ1) is 17.5. The molecule has 0 bridgehead atoms. The normalized spacial score (nSPS) is 32.0. The molecule has 2 fully saturated rings. The molecule has 2 rings (SSSR count). The fraction of sp³-hybridized carbons (Fsp3) is 0.941. The molecule has 1 amide bonds. The second-order valence-electron chi connectivity index (χ2n) is 7.79. The van der Waals surface area contributed by atoms with Crippen LogP contribution in [0, 0.1) is 11.8 Å². The monoisotopic (exact) mass is 312 g/mol. The number of hydrogen-bond acceptors (Lipinski definition) is 4. The van der Waals surface area contributed by atoms with Crippen molar-refractivity contribution in [3.63, 3.8) is 0 Å². The largest absolute Gasteiger partial charge is 0.444 e. The summed E-state index contributed by atoms with van der Waals surface area (Å²) in [6.07, 6.45) is 3.37. The third-order valence-electron chi connectivity index (χ3n) is 4.55. The highest BCUT2D eigenvalue weighted by molar-refractivity contribution is 5.68. The molecule has 1 aliphatic heterocycles. The zero-order valence-electron chi connectivity index (χ0n) is 14.6. The van der Waals surface area contributed by atoms with Gasteiger partial charge < -0.3 is 20.1 Å². The van der Waals surface area contributed by atoms with Crippen LogP contribution in [-0.4, -0.2) is 43.0 Å². The van der Waals surface area contributed by atoms with E-state index in [1.165, 1.54) is 12.8 Å². The van der Waals surface area contributed by atoms with Crippen LogP contribution in [0.4, 0.5) is 4.79 Å². The standard InChI is InChI=1S/C17H32N2O3/c1-6-7-11(2)10-18-14-13(12-8-9-21-15(12)14)19-16(20)22-17(3,4)5/h11-15,18H,6-10H2,1-5H3,(H,19,20). The summed E-state index contributed by atoms with van der Waals surface area (Å²) in [4.78, 5) is 12.0. The number of fused-ring (bicyclic) bond motifs is 1. The van der Waals surface area contributed by atoms with E-state index in [9.17, 15) is 4.79 Å². The molecule has 2 N–H and O–H groups in total. The first-order valence-corrected chi connectivity index (χ1v) is 8.66. The van der Waals surface area contributed by atoms with E-state index in [1.54, 1.807) is 0 Å². The lowest BCUT2D eigenvalue weighted by Gasteiger charge is -2.48. The first-order valence-electron chi connectivity index (χ1n) is 8.66. The molecular formula is C17H32N2O3. The molecular weight excluding hydrogens is 280 g/mol. The Bertz CT molecular complexity index is 381. The summed E-state index contributed by atoms with van der Waals surface area (Å²) in [7, 11) is 0. The van der Waals surface area contributed by atoms with Crippen molar-refractivity contribution in [1.29, 1.82) is 0 Å². The number of amides is 1. The van der Waals surface area contributed by atoms with E-state index in [0.29, 0.717) is 11.8 Å². The zero-order chi connectivity index (χ0) is 16.3. The highest BCUT2D eigenvalue weighted by Gasteiger charge is 2.54. The molecule has 0 spiro atoms. The van der Waals surface area contributed by atoms with Crippen LogP contribution < -0.4 is 10.6 Å². The summed E-state index contributed by atoms with van der Waals surface area (Å²) in [5.74, 6) is 1.07. The fourth-order valence-electron chi connectivity index (χ4n) is 3.52. The number of rotatable bonds is 6. The Kier molecular flexibility index (Phi) is 5.72. The van der Waals surface area contributed by atoms with Crippen molar-refractivity contribution in [2.75, 3.05) is 13.2 Å². The first-order chi connectivity index (χ1) is 10.3. The van der Waals surface area contributed by atoms with E-state index >= 15 is 0 Å². The predicted octanol–water partition coefficient (Wildman–Crippen LogP) is 2.69. The topological polar surface area (TPSA) is 59.6 Å². The molecule has 5 nitrogen and oxygen atoms in total. The van der Waals surface area contributed by atoms with E-state index < -0.39 is 5.60 Å². The van der Waals surface area contributed by atoms with Gasteiger partial charge in [0.25, 0.3) is 0 Å². The van der Waals surface area contributed by atoms with Gasteiger partial charge in [-0.15, -0.1) is 0 Å². The van der Waals surface area contributed by atoms with Crippen LogP contribution >= 0.6 is 0 Å².